The Balaban J connectivity index is 1.56. The largest absolute Gasteiger partial charge is 0.290 e. The van der Waals surface area contributed by atoms with Crippen LogP contribution in [0.2, 0.25) is 0 Å². The zero-order chi connectivity index (χ0) is 25.8. The molecule has 0 aliphatic rings. The van der Waals surface area contributed by atoms with Crippen molar-refractivity contribution in [3.63, 3.8) is 0 Å². The summed E-state index contributed by atoms with van der Waals surface area (Å²) in [6, 6.07) is 46.0. The van der Waals surface area contributed by atoms with Crippen LogP contribution in [0.15, 0.2) is 133 Å². The highest BCUT2D eigenvalue weighted by molar-refractivity contribution is 6.17. The van der Waals surface area contributed by atoms with E-state index in [9.17, 15) is 0 Å². The molecule has 3 aromatic heterocycles. The summed E-state index contributed by atoms with van der Waals surface area (Å²) in [5, 5.41) is 2.12. The van der Waals surface area contributed by atoms with Crippen LogP contribution in [0, 0.1) is 0 Å². The predicted molar refractivity (Wildman–Crippen MR) is 160 cm³/mol. The maximum absolute atomic E-state index is 5.19. The molecular weight excluding hydrogens is 476 g/mol. The fraction of sp³-hybridized carbons (Fsp3) is 0. The Morgan fingerprint density at radius 1 is 0.462 bits per heavy atom. The van der Waals surface area contributed by atoms with Crippen LogP contribution in [-0.2, 0) is 0 Å². The maximum atomic E-state index is 5.19. The number of para-hydroxylation sites is 1. The van der Waals surface area contributed by atoms with Crippen LogP contribution in [0.25, 0.3) is 72.3 Å². The highest BCUT2D eigenvalue weighted by Gasteiger charge is 2.20. The van der Waals surface area contributed by atoms with Crippen molar-refractivity contribution in [2.75, 3.05) is 0 Å². The summed E-state index contributed by atoms with van der Waals surface area (Å²) in [6.45, 7) is 0. The number of hydrogen-bond donors (Lipinski definition) is 0. The van der Waals surface area contributed by atoms with E-state index in [-0.39, 0.29) is 0 Å². The number of benzene rings is 5. The highest BCUT2D eigenvalue weighted by Crippen LogP contribution is 2.38. The summed E-state index contributed by atoms with van der Waals surface area (Å²) in [4.78, 5) is 15.5. The molecule has 0 saturated carbocycles. The molecule has 0 amide bonds. The van der Waals surface area contributed by atoms with Crippen LogP contribution >= 0.6 is 0 Å². The van der Waals surface area contributed by atoms with Crippen LogP contribution in [0.5, 0.6) is 0 Å². The Morgan fingerprint density at radius 3 is 1.85 bits per heavy atom. The summed E-state index contributed by atoms with van der Waals surface area (Å²) < 4.78 is 2.26. The van der Waals surface area contributed by atoms with Gasteiger partial charge in [-0.1, -0.05) is 115 Å². The molecule has 0 radical (unpaired) electrons. The van der Waals surface area contributed by atoms with Gasteiger partial charge >= 0.3 is 0 Å². The number of pyridine rings is 1. The van der Waals surface area contributed by atoms with Gasteiger partial charge in [0.25, 0.3) is 0 Å². The van der Waals surface area contributed by atoms with E-state index in [1.807, 2.05) is 30.3 Å². The second kappa shape index (κ2) is 8.61. The average Bonchev–Trinajstić information content (AvgIpc) is 3.41. The maximum Gasteiger partial charge on any atom is 0.165 e. The van der Waals surface area contributed by atoms with Gasteiger partial charge in [0.15, 0.2) is 11.5 Å². The third kappa shape index (κ3) is 3.42. The molecule has 5 aromatic carbocycles. The Labute approximate surface area is 224 Å². The standard InChI is InChI=1S/C35H22N4/c1-4-12-23(13-5-1)26-20-21-28-30(22-26)39-29-19-11-10-18-27(29)31-32(24-14-6-2-7-15-24)37-34(25-16-8-3-9-17-25)38-33(31)35(39)36-28/h1-22H. The van der Waals surface area contributed by atoms with Crippen molar-refractivity contribution in [2.45, 2.75) is 0 Å². The van der Waals surface area contributed by atoms with E-state index in [1.54, 1.807) is 0 Å². The Hall–Kier alpha value is -5.35. The molecule has 0 bridgehead atoms. The van der Waals surface area contributed by atoms with E-state index in [4.69, 9.17) is 15.0 Å². The molecule has 0 unspecified atom stereocenters. The molecule has 0 saturated heterocycles. The number of aromatic nitrogens is 4. The SMILES string of the molecule is c1ccc(-c2ccc3nc4c5nc(-c6ccccc6)nc(-c6ccccc6)c5c5ccccc5n4c3c2)cc1. The van der Waals surface area contributed by atoms with Crippen molar-refractivity contribution < 1.29 is 0 Å². The number of imidazole rings is 1. The third-order valence-electron chi connectivity index (χ3n) is 7.38. The highest BCUT2D eigenvalue weighted by atomic mass is 15.0. The molecule has 39 heavy (non-hydrogen) atoms. The van der Waals surface area contributed by atoms with Crippen LogP contribution in [-0.4, -0.2) is 19.4 Å². The molecule has 0 N–H and O–H groups in total. The first kappa shape index (κ1) is 21.7. The molecule has 0 fully saturated rings. The summed E-state index contributed by atoms with van der Waals surface area (Å²) in [5.41, 5.74) is 10.0. The molecule has 4 nitrogen and oxygen atoms in total. The number of fused-ring (bicyclic) bond motifs is 8. The van der Waals surface area contributed by atoms with Crippen LogP contribution in [0.1, 0.15) is 0 Å². The van der Waals surface area contributed by atoms with Gasteiger partial charge < -0.3 is 0 Å². The average molecular weight is 499 g/mol. The van der Waals surface area contributed by atoms with Gasteiger partial charge in [-0.05, 0) is 29.3 Å². The van der Waals surface area contributed by atoms with Crippen LogP contribution in [0.4, 0.5) is 0 Å². The molecule has 182 valence electrons. The van der Waals surface area contributed by atoms with Gasteiger partial charge in [-0.15, -0.1) is 0 Å². The molecule has 0 atom stereocenters. The molecule has 0 spiro atoms. The first-order valence-corrected chi connectivity index (χ1v) is 13.1. The monoisotopic (exact) mass is 498 g/mol. The van der Waals surface area contributed by atoms with Crippen LogP contribution < -0.4 is 0 Å². The lowest BCUT2D eigenvalue weighted by molar-refractivity contribution is 1.21. The van der Waals surface area contributed by atoms with Gasteiger partial charge in [-0.25, -0.2) is 15.0 Å². The smallest absolute Gasteiger partial charge is 0.165 e. The molecule has 3 heterocycles. The summed E-state index contributed by atoms with van der Waals surface area (Å²) in [7, 11) is 0. The number of rotatable bonds is 3. The van der Waals surface area contributed by atoms with Crippen LogP contribution in [0.3, 0.4) is 0 Å². The number of hydrogen-bond acceptors (Lipinski definition) is 3. The molecule has 4 heteroatoms. The summed E-state index contributed by atoms with van der Waals surface area (Å²) in [6.07, 6.45) is 0. The lowest BCUT2D eigenvalue weighted by Gasteiger charge is -2.14. The normalized spacial score (nSPS) is 11.6. The van der Waals surface area contributed by atoms with Gasteiger partial charge in [0.1, 0.15) is 5.52 Å². The second-order valence-corrected chi connectivity index (χ2v) is 9.71. The molecule has 0 aliphatic heterocycles. The van der Waals surface area contributed by atoms with Gasteiger partial charge in [-0.3, -0.25) is 4.40 Å². The molecule has 8 rings (SSSR count). The Bertz CT molecular complexity index is 2150. The minimum absolute atomic E-state index is 0.691. The minimum atomic E-state index is 0.691. The van der Waals surface area contributed by atoms with E-state index in [0.717, 1.165) is 60.9 Å². The minimum Gasteiger partial charge on any atom is -0.290 e. The van der Waals surface area contributed by atoms with Gasteiger partial charge in [0.2, 0.25) is 0 Å². The molecular formula is C35H22N4. The van der Waals surface area contributed by atoms with Gasteiger partial charge in [0, 0.05) is 21.9 Å². The first-order valence-electron chi connectivity index (χ1n) is 13.1. The molecule has 8 aromatic rings. The zero-order valence-electron chi connectivity index (χ0n) is 21.0. The fourth-order valence-electron chi connectivity index (χ4n) is 5.57. The van der Waals surface area contributed by atoms with Gasteiger partial charge in [0.05, 0.1) is 22.2 Å². The summed E-state index contributed by atoms with van der Waals surface area (Å²) in [5.74, 6) is 0.691. The summed E-state index contributed by atoms with van der Waals surface area (Å²) >= 11 is 0. The molecule has 0 aliphatic carbocycles. The van der Waals surface area contributed by atoms with Crippen molar-refractivity contribution in [1.82, 2.24) is 19.4 Å². The third-order valence-corrected chi connectivity index (χ3v) is 7.38. The predicted octanol–water partition coefficient (Wildman–Crippen LogP) is 8.58. The van der Waals surface area contributed by atoms with E-state index in [1.165, 1.54) is 5.56 Å². The number of nitrogens with zero attached hydrogens (tertiary/aromatic N) is 4. The van der Waals surface area contributed by atoms with E-state index >= 15 is 0 Å². The lowest BCUT2D eigenvalue weighted by Crippen LogP contribution is -2.00. The Kier molecular flexibility index (Phi) is 4.79. The van der Waals surface area contributed by atoms with E-state index < -0.39 is 0 Å². The first-order chi connectivity index (χ1) is 19.3. The van der Waals surface area contributed by atoms with Crippen molar-refractivity contribution in [3.8, 4) is 33.8 Å². The van der Waals surface area contributed by atoms with Gasteiger partial charge in [-0.2, -0.15) is 0 Å². The second-order valence-electron chi connectivity index (χ2n) is 9.71. The Morgan fingerprint density at radius 2 is 1.10 bits per heavy atom. The van der Waals surface area contributed by atoms with E-state index in [2.05, 4.69) is 108 Å². The topological polar surface area (TPSA) is 43.1 Å². The van der Waals surface area contributed by atoms with Crippen molar-refractivity contribution >= 4 is 38.5 Å². The fourth-order valence-corrected chi connectivity index (χ4v) is 5.57. The van der Waals surface area contributed by atoms with Crippen molar-refractivity contribution in [2.24, 2.45) is 0 Å². The quantitative estimate of drug-likeness (QED) is 0.229. The van der Waals surface area contributed by atoms with Crippen molar-refractivity contribution in [3.05, 3.63) is 133 Å². The lowest BCUT2D eigenvalue weighted by atomic mass is 10.0. The van der Waals surface area contributed by atoms with E-state index in [0.29, 0.717) is 5.82 Å². The zero-order valence-corrected chi connectivity index (χ0v) is 21.0. The van der Waals surface area contributed by atoms with Crippen molar-refractivity contribution in [1.29, 1.82) is 0 Å².